The molecule has 0 unspecified atom stereocenters. The van der Waals surface area contributed by atoms with Gasteiger partial charge in [0.05, 0.1) is 15.9 Å². The van der Waals surface area contributed by atoms with E-state index < -0.39 is 27.0 Å². The van der Waals surface area contributed by atoms with Crippen LogP contribution in [0.4, 0.5) is 14.5 Å². The van der Waals surface area contributed by atoms with Crippen molar-refractivity contribution in [1.82, 2.24) is 4.90 Å². The Balaban J connectivity index is 1.20. The summed E-state index contributed by atoms with van der Waals surface area (Å²) in [7, 11) is -3.58. The molecule has 2 amide bonds. The minimum atomic E-state index is -3.58. The number of anilines is 1. The van der Waals surface area contributed by atoms with Crippen molar-refractivity contribution in [3.05, 3.63) is 95.1 Å². The number of nitrogens with zero attached hydrogens (tertiary/aromatic N) is 1. The molecule has 0 aromatic heterocycles. The van der Waals surface area contributed by atoms with Crippen LogP contribution < -0.4 is 5.32 Å². The average molecular weight is 539 g/mol. The quantitative estimate of drug-likeness (QED) is 0.445. The van der Waals surface area contributed by atoms with Gasteiger partial charge in [0.25, 0.3) is 5.91 Å². The van der Waals surface area contributed by atoms with Crippen molar-refractivity contribution in [2.24, 2.45) is 0 Å². The molecule has 1 N–H and O–H groups in total. The van der Waals surface area contributed by atoms with Gasteiger partial charge in [-0.05, 0) is 73.6 Å². The van der Waals surface area contributed by atoms with E-state index in [1.165, 1.54) is 6.07 Å². The van der Waals surface area contributed by atoms with Gasteiger partial charge in [-0.3, -0.25) is 9.59 Å². The van der Waals surface area contributed by atoms with Crippen molar-refractivity contribution >= 4 is 27.3 Å². The number of likely N-dealkylation sites (tertiary alicyclic amines) is 1. The Morgan fingerprint density at radius 2 is 1.58 bits per heavy atom. The van der Waals surface area contributed by atoms with Crippen LogP contribution in [-0.4, -0.2) is 44.5 Å². The third-order valence-electron chi connectivity index (χ3n) is 7.58. The molecule has 5 rings (SSSR count). The molecule has 6 nitrogen and oxygen atoms in total. The largest absolute Gasteiger partial charge is 0.342 e. The maximum absolute atomic E-state index is 14.4. The van der Waals surface area contributed by atoms with Crippen molar-refractivity contribution in [2.75, 3.05) is 24.7 Å². The Morgan fingerprint density at radius 1 is 0.921 bits per heavy atom. The number of piperidine rings is 1. The third kappa shape index (κ3) is 5.07. The molecular formula is C29H28F2N2O4S. The lowest BCUT2D eigenvalue weighted by atomic mass is 9.87. The lowest BCUT2D eigenvalue weighted by molar-refractivity contribution is -0.135. The van der Waals surface area contributed by atoms with Crippen LogP contribution >= 0.6 is 0 Å². The zero-order valence-corrected chi connectivity index (χ0v) is 21.7. The summed E-state index contributed by atoms with van der Waals surface area (Å²) in [5.41, 5.74) is 0.940. The van der Waals surface area contributed by atoms with Crippen LogP contribution in [0.15, 0.2) is 71.6 Å². The number of hydrogen-bond donors (Lipinski definition) is 1. The fourth-order valence-corrected chi connectivity index (χ4v) is 5.88. The highest BCUT2D eigenvalue weighted by atomic mass is 32.2. The van der Waals surface area contributed by atoms with Gasteiger partial charge in [0.2, 0.25) is 5.91 Å². The summed E-state index contributed by atoms with van der Waals surface area (Å²) in [6.07, 6.45) is 3.88. The highest BCUT2D eigenvalue weighted by molar-refractivity contribution is 7.90. The number of hydrogen-bond acceptors (Lipinski definition) is 4. The van der Waals surface area contributed by atoms with Gasteiger partial charge in [0.15, 0.2) is 9.84 Å². The summed E-state index contributed by atoms with van der Waals surface area (Å²) in [5.74, 6) is -1.64. The Kier molecular flexibility index (Phi) is 6.81. The second-order valence-electron chi connectivity index (χ2n) is 10.1. The molecule has 1 saturated heterocycles. The fourth-order valence-electron chi connectivity index (χ4n) is 5.24. The van der Waals surface area contributed by atoms with Crippen molar-refractivity contribution in [1.29, 1.82) is 0 Å². The van der Waals surface area contributed by atoms with Gasteiger partial charge in [-0.25, -0.2) is 17.2 Å². The highest BCUT2D eigenvalue weighted by Gasteiger charge is 2.54. The van der Waals surface area contributed by atoms with Crippen LogP contribution in [0.1, 0.15) is 53.1 Å². The SMILES string of the molecule is CS(=O)(=O)c1ccc(F)c(C(=O)Nc2ccc(C3CCN(C(=O)C4(c5ccccc5F)CC4)CC3)cc2)c1. The van der Waals surface area contributed by atoms with Gasteiger partial charge < -0.3 is 10.2 Å². The number of carbonyl (C=O) groups is 2. The van der Waals surface area contributed by atoms with Crippen molar-refractivity contribution < 1.29 is 26.8 Å². The van der Waals surface area contributed by atoms with E-state index in [1.807, 2.05) is 17.0 Å². The van der Waals surface area contributed by atoms with Crippen LogP contribution in [0, 0.1) is 11.6 Å². The van der Waals surface area contributed by atoms with E-state index in [2.05, 4.69) is 5.32 Å². The molecule has 1 heterocycles. The first-order valence-electron chi connectivity index (χ1n) is 12.5. The molecule has 198 valence electrons. The van der Waals surface area contributed by atoms with E-state index in [0.717, 1.165) is 42.9 Å². The second kappa shape index (κ2) is 9.94. The third-order valence-corrected chi connectivity index (χ3v) is 8.69. The molecule has 9 heteroatoms. The number of rotatable bonds is 6. The van der Waals surface area contributed by atoms with E-state index in [1.54, 1.807) is 30.3 Å². The molecule has 2 aliphatic rings. The lowest BCUT2D eigenvalue weighted by Crippen LogP contribution is -2.44. The minimum Gasteiger partial charge on any atom is -0.342 e. The van der Waals surface area contributed by atoms with Gasteiger partial charge in [-0.15, -0.1) is 0 Å². The molecule has 2 fully saturated rings. The molecule has 0 spiro atoms. The first-order valence-corrected chi connectivity index (χ1v) is 14.4. The van der Waals surface area contributed by atoms with Gasteiger partial charge in [0, 0.05) is 30.6 Å². The molecule has 1 saturated carbocycles. The molecule has 1 aliphatic carbocycles. The molecule has 0 bridgehead atoms. The maximum atomic E-state index is 14.4. The number of amides is 2. The summed E-state index contributed by atoms with van der Waals surface area (Å²) in [4.78, 5) is 27.6. The monoisotopic (exact) mass is 538 g/mol. The van der Waals surface area contributed by atoms with Crippen molar-refractivity contribution in [2.45, 2.75) is 41.9 Å². The average Bonchev–Trinajstić information content (AvgIpc) is 3.70. The van der Waals surface area contributed by atoms with Crippen molar-refractivity contribution in [3.8, 4) is 0 Å². The van der Waals surface area contributed by atoms with Crippen LogP contribution in [-0.2, 0) is 20.0 Å². The number of carbonyl (C=O) groups excluding carboxylic acids is 2. The number of benzene rings is 3. The number of nitrogens with one attached hydrogen (secondary N) is 1. The first kappa shape index (κ1) is 26.0. The minimum absolute atomic E-state index is 0.00582. The molecule has 1 aliphatic heterocycles. The summed E-state index contributed by atoms with van der Waals surface area (Å²) in [6, 6.07) is 16.9. The zero-order valence-electron chi connectivity index (χ0n) is 20.9. The van der Waals surface area contributed by atoms with Crippen molar-refractivity contribution in [3.63, 3.8) is 0 Å². The fraction of sp³-hybridized carbons (Fsp3) is 0.310. The second-order valence-corrected chi connectivity index (χ2v) is 12.1. The van der Waals surface area contributed by atoms with E-state index in [0.29, 0.717) is 37.2 Å². The normalized spacial score (nSPS) is 17.2. The van der Waals surface area contributed by atoms with E-state index in [-0.39, 0.29) is 28.1 Å². The standard InChI is InChI=1S/C29H28F2N2O4S/c1-38(36,37)22-10-11-25(30)23(18-22)27(34)32-21-8-6-19(7-9-21)20-12-16-33(17-13-20)28(35)29(14-15-29)24-4-2-3-5-26(24)31/h2-11,18,20H,12-17H2,1H3,(H,32,34). The Hall–Kier alpha value is -3.59. The summed E-state index contributed by atoms with van der Waals surface area (Å²) in [5, 5.41) is 2.62. The van der Waals surface area contributed by atoms with Gasteiger partial charge >= 0.3 is 0 Å². The van der Waals surface area contributed by atoms with Crippen LogP contribution in [0.5, 0.6) is 0 Å². The summed E-state index contributed by atoms with van der Waals surface area (Å²) >= 11 is 0. The molecule has 0 radical (unpaired) electrons. The van der Waals surface area contributed by atoms with Gasteiger partial charge in [-0.2, -0.15) is 0 Å². The number of sulfone groups is 1. The Bertz CT molecular complexity index is 1490. The Morgan fingerprint density at radius 3 is 2.18 bits per heavy atom. The predicted octanol–water partition coefficient (Wildman–Crippen LogP) is 5.06. The smallest absolute Gasteiger partial charge is 0.258 e. The lowest BCUT2D eigenvalue weighted by Gasteiger charge is -2.35. The van der Waals surface area contributed by atoms with Crippen LogP contribution in [0.2, 0.25) is 0 Å². The molecule has 38 heavy (non-hydrogen) atoms. The Labute approximate surface area is 220 Å². The molecule has 0 atom stereocenters. The summed E-state index contributed by atoms with van der Waals surface area (Å²) < 4.78 is 52.1. The topological polar surface area (TPSA) is 83.6 Å². The zero-order chi connectivity index (χ0) is 27.1. The van der Waals surface area contributed by atoms with Crippen LogP contribution in [0.25, 0.3) is 0 Å². The van der Waals surface area contributed by atoms with Crippen LogP contribution in [0.3, 0.4) is 0 Å². The van der Waals surface area contributed by atoms with Gasteiger partial charge in [-0.1, -0.05) is 30.3 Å². The molecular weight excluding hydrogens is 510 g/mol. The number of halogens is 2. The van der Waals surface area contributed by atoms with E-state index >= 15 is 0 Å². The molecule has 3 aromatic carbocycles. The highest BCUT2D eigenvalue weighted by Crippen LogP contribution is 2.51. The van der Waals surface area contributed by atoms with E-state index in [9.17, 15) is 26.8 Å². The van der Waals surface area contributed by atoms with E-state index in [4.69, 9.17) is 0 Å². The van der Waals surface area contributed by atoms with Gasteiger partial charge in [0.1, 0.15) is 11.6 Å². The maximum Gasteiger partial charge on any atom is 0.258 e. The first-order chi connectivity index (χ1) is 18.1. The summed E-state index contributed by atoms with van der Waals surface area (Å²) in [6.45, 7) is 1.18. The predicted molar refractivity (Wildman–Crippen MR) is 140 cm³/mol. The molecule has 3 aromatic rings.